The maximum atomic E-state index is 12.9. The van der Waals surface area contributed by atoms with Crippen molar-refractivity contribution in [3.63, 3.8) is 0 Å². The van der Waals surface area contributed by atoms with Crippen LogP contribution in [-0.4, -0.2) is 37.1 Å². The molecule has 0 radical (unpaired) electrons. The highest BCUT2D eigenvalue weighted by molar-refractivity contribution is 7.90. The van der Waals surface area contributed by atoms with E-state index in [2.05, 4.69) is 22.4 Å². The number of nitrogens with one attached hydrogen (secondary N) is 2. The Labute approximate surface area is 186 Å². The number of para-hydroxylation sites is 1. The topological polar surface area (TPSA) is 82.3 Å². The molecular weight excluding hydrogens is 422 g/mol. The summed E-state index contributed by atoms with van der Waals surface area (Å²) in [7, 11) is -3.21. The number of amides is 2. The van der Waals surface area contributed by atoms with Gasteiger partial charge in [-0.3, -0.25) is 0 Å². The second-order valence-electron chi connectivity index (χ2n) is 8.13. The quantitative estimate of drug-likeness (QED) is 0.474. The summed E-state index contributed by atoms with van der Waals surface area (Å²) in [5.74, 6) is 0. The summed E-state index contributed by atoms with van der Waals surface area (Å²) in [6, 6.07) is 20.9. The van der Waals surface area contributed by atoms with E-state index in [-0.39, 0.29) is 6.03 Å². The molecule has 0 bridgehead atoms. The van der Waals surface area contributed by atoms with E-state index in [1.807, 2.05) is 53.6 Å². The molecular formula is C25H23N3O3S. The number of sulfone groups is 1. The first-order chi connectivity index (χ1) is 15.4. The van der Waals surface area contributed by atoms with Gasteiger partial charge in [0.1, 0.15) is 0 Å². The predicted octanol–water partition coefficient (Wildman–Crippen LogP) is 4.83. The Morgan fingerprint density at radius 3 is 2.50 bits per heavy atom. The van der Waals surface area contributed by atoms with Gasteiger partial charge in [0.25, 0.3) is 0 Å². The van der Waals surface area contributed by atoms with E-state index in [4.69, 9.17) is 0 Å². The maximum absolute atomic E-state index is 12.9. The van der Waals surface area contributed by atoms with Gasteiger partial charge in [-0.25, -0.2) is 13.2 Å². The van der Waals surface area contributed by atoms with Crippen molar-refractivity contribution in [1.82, 2.24) is 9.88 Å². The third-order valence-corrected chi connectivity index (χ3v) is 7.08. The minimum atomic E-state index is -3.21. The van der Waals surface area contributed by atoms with Gasteiger partial charge in [0.15, 0.2) is 9.84 Å². The van der Waals surface area contributed by atoms with Crippen LogP contribution in [0.5, 0.6) is 0 Å². The van der Waals surface area contributed by atoms with Gasteiger partial charge in [-0.2, -0.15) is 0 Å². The lowest BCUT2D eigenvalue weighted by Crippen LogP contribution is -2.38. The van der Waals surface area contributed by atoms with E-state index in [0.29, 0.717) is 18.0 Å². The van der Waals surface area contributed by atoms with Crippen molar-refractivity contribution >= 4 is 32.5 Å². The van der Waals surface area contributed by atoms with Crippen LogP contribution in [0.15, 0.2) is 77.8 Å². The molecule has 0 unspecified atom stereocenters. The van der Waals surface area contributed by atoms with Crippen LogP contribution < -0.4 is 5.32 Å². The summed E-state index contributed by atoms with van der Waals surface area (Å²) in [5.41, 5.74) is 6.13. The number of H-pyrrole nitrogens is 1. The maximum Gasteiger partial charge on any atom is 0.322 e. The Hall–Kier alpha value is -3.58. The smallest absolute Gasteiger partial charge is 0.322 e. The molecule has 2 amide bonds. The van der Waals surface area contributed by atoms with Crippen molar-refractivity contribution in [3.05, 3.63) is 84.1 Å². The number of anilines is 1. The molecule has 0 saturated carbocycles. The van der Waals surface area contributed by atoms with Crippen LogP contribution in [0.25, 0.3) is 22.0 Å². The van der Waals surface area contributed by atoms with Gasteiger partial charge in [0.2, 0.25) is 0 Å². The third-order valence-electron chi connectivity index (χ3n) is 5.95. The number of benzene rings is 3. The Morgan fingerprint density at radius 2 is 1.72 bits per heavy atom. The van der Waals surface area contributed by atoms with E-state index in [1.54, 1.807) is 12.1 Å². The largest absolute Gasteiger partial charge is 0.359 e. The van der Waals surface area contributed by atoms with E-state index < -0.39 is 9.84 Å². The zero-order valence-corrected chi connectivity index (χ0v) is 18.4. The zero-order valence-electron chi connectivity index (χ0n) is 17.6. The number of urea groups is 1. The van der Waals surface area contributed by atoms with Gasteiger partial charge < -0.3 is 15.2 Å². The molecule has 7 heteroatoms. The SMILES string of the molecule is CS(=O)(=O)c1ccc(-c2ccc3c(c2)CCN(C(=O)Nc2c[nH]c4ccccc24)C3)cc1. The number of rotatable bonds is 3. The first-order valence-electron chi connectivity index (χ1n) is 10.4. The number of aromatic nitrogens is 1. The van der Waals surface area contributed by atoms with Crippen molar-refractivity contribution in [3.8, 4) is 11.1 Å². The number of nitrogens with zero attached hydrogens (tertiary/aromatic N) is 1. The summed E-state index contributed by atoms with van der Waals surface area (Å²) >= 11 is 0. The molecule has 5 rings (SSSR count). The Balaban J connectivity index is 1.32. The number of carbonyl (C=O) groups excluding carboxylic acids is 1. The number of hydrogen-bond donors (Lipinski definition) is 2. The monoisotopic (exact) mass is 445 g/mol. The lowest BCUT2D eigenvalue weighted by molar-refractivity contribution is 0.206. The highest BCUT2D eigenvalue weighted by atomic mass is 32.2. The Morgan fingerprint density at radius 1 is 0.969 bits per heavy atom. The van der Waals surface area contributed by atoms with Crippen LogP contribution in [0.2, 0.25) is 0 Å². The van der Waals surface area contributed by atoms with Crippen LogP contribution >= 0.6 is 0 Å². The van der Waals surface area contributed by atoms with Gasteiger partial charge in [-0.1, -0.05) is 48.5 Å². The van der Waals surface area contributed by atoms with Crippen LogP contribution in [0.3, 0.4) is 0 Å². The molecule has 6 nitrogen and oxygen atoms in total. The third kappa shape index (κ3) is 3.87. The molecule has 0 spiro atoms. The molecule has 4 aromatic rings. The lowest BCUT2D eigenvalue weighted by Gasteiger charge is -2.29. The Bertz CT molecular complexity index is 1420. The molecule has 32 heavy (non-hydrogen) atoms. The Kier molecular flexibility index (Phi) is 4.98. The van der Waals surface area contributed by atoms with Crippen LogP contribution in [0.1, 0.15) is 11.1 Å². The molecule has 1 aliphatic rings. The van der Waals surface area contributed by atoms with E-state index >= 15 is 0 Å². The fraction of sp³-hybridized carbons (Fsp3) is 0.160. The van der Waals surface area contributed by atoms with Crippen molar-refractivity contribution in [1.29, 1.82) is 0 Å². The van der Waals surface area contributed by atoms with Crippen molar-refractivity contribution < 1.29 is 13.2 Å². The fourth-order valence-corrected chi connectivity index (χ4v) is 4.80. The number of carbonyl (C=O) groups is 1. The standard InChI is InChI=1S/C25H23N3O3S/c1-32(30,31)21-10-8-17(9-11-21)18-6-7-20-16-28(13-12-19(20)14-18)25(29)27-24-15-26-23-5-3-2-4-22(23)24/h2-11,14-15,26H,12-13,16H2,1H3,(H,27,29). The highest BCUT2D eigenvalue weighted by Crippen LogP contribution is 2.28. The van der Waals surface area contributed by atoms with Crippen molar-refractivity contribution in [2.24, 2.45) is 0 Å². The molecule has 162 valence electrons. The molecule has 0 saturated heterocycles. The van der Waals surface area contributed by atoms with E-state index in [0.717, 1.165) is 39.7 Å². The van der Waals surface area contributed by atoms with Gasteiger partial charge in [0, 0.05) is 36.4 Å². The summed E-state index contributed by atoms with van der Waals surface area (Å²) < 4.78 is 23.4. The molecule has 1 aromatic heterocycles. The van der Waals surface area contributed by atoms with Gasteiger partial charge in [-0.15, -0.1) is 0 Å². The van der Waals surface area contributed by atoms with Crippen LogP contribution in [0, 0.1) is 0 Å². The minimum absolute atomic E-state index is 0.110. The normalized spacial score (nSPS) is 13.7. The van der Waals surface area contributed by atoms with Gasteiger partial charge in [0.05, 0.1) is 10.6 Å². The fourth-order valence-electron chi connectivity index (χ4n) is 4.17. The second kappa shape index (κ2) is 7.84. The average molecular weight is 446 g/mol. The number of aromatic amines is 1. The number of fused-ring (bicyclic) bond motifs is 2. The average Bonchev–Trinajstić information content (AvgIpc) is 3.20. The molecule has 2 N–H and O–H groups in total. The lowest BCUT2D eigenvalue weighted by atomic mass is 9.95. The molecule has 2 heterocycles. The van der Waals surface area contributed by atoms with Crippen molar-refractivity contribution in [2.75, 3.05) is 18.1 Å². The highest BCUT2D eigenvalue weighted by Gasteiger charge is 2.22. The van der Waals surface area contributed by atoms with Gasteiger partial charge in [-0.05, 0) is 46.9 Å². The summed E-state index contributed by atoms with van der Waals surface area (Å²) in [5, 5.41) is 4.02. The first-order valence-corrected chi connectivity index (χ1v) is 12.3. The van der Waals surface area contributed by atoms with Crippen LogP contribution in [0.4, 0.5) is 10.5 Å². The first kappa shape index (κ1) is 20.3. The predicted molar refractivity (Wildman–Crippen MR) is 126 cm³/mol. The van der Waals surface area contributed by atoms with Crippen LogP contribution in [-0.2, 0) is 22.8 Å². The zero-order chi connectivity index (χ0) is 22.3. The molecule has 1 aliphatic heterocycles. The van der Waals surface area contributed by atoms with Crippen molar-refractivity contribution in [2.45, 2.75) is 17.9 Å². The number of hydrogen-bond acceptors (Lipinski definition) is 3. The van der Waals surface area contributed by atoms with E-state index in [1.165, 1.54) is 11.8 Å². The van der Waals surface area contributed by atoms with Gasteiger partial charge >= 0.3 is 6.03 Å². The molecule has 0 fully saturated rings. The summed E-state index contributed by atoms with van der Waals surface area (Å²) in [6.07, 6.45) is 3.80. The summed E-state index contributed by atoms with van der Waals surface area (Å²) in [4.78, 5) is 18.2. The summed E-state index contributed by atoms with van der Waals surface area (Å²) in [6.45, 7) is 1.19. The van der Waals surface area contributed by atoms with E-state index in [9.17, 15) is 13.2 Å². The second-order valence-corrected chi connectivity index (χ2v) is 10.1. The minimum Gasteiger partial charge on any atom is -0.359 e. The molecule has 3 aromatic carbocycles. The molecule has 0 aliphatic carbocycles. The molecule has 0 atom stereocenters.